The Balaban J connectivity index is 0.00000242. The summed E-state index contributed by atoms with van der Waals surface area (Å²) >= 11 is 0. The molecule has 2 aliphatic rings. The fraction of sp³-hybridized carbons (Fsp3) is 0.933. The number of hydrogen-bond acceptors (Lipinski definition) is 3. The number of aliphatic imine (C=N–C) groups is 1. The standard InChI is InChI=1S/C15H29N3O2S.HI/c1-3-16-15(18-14-8-9-21(19,20)11-14)17-10-13-6-4-12(2)5-7-13;/h12-14H,3-11H2,1-2H3,(H2,16,17,18);1H. The molecule has 1 aliphatic heterocycles. The van der Waals surface area contributed by atoms with E-state index in [1.54, 1.807) is 0 Å². The van der Waals surface area contributed by atoms with Gasteiger partial charge in [-0.3, -0.25) is 4.99 Å². The second-order valence-corrected chi connectivity index (χ2v) is 8.82. The lowest BCUT2D eigenvalue weighted by atomic mass is 9.83. The zero-order chi connectivity index (χ0) is 15.3. The van der Waals surface area contributed by atoms with Crippen LogP contribution in [0.15, 0.2) is 4.99 Å². The lowest BCUT2D eigenvalue weighted by molar-refractivity contribution is 0.296. The molecule has 0 bridgehead atoms. The third-order valence-corrected chi connectivity index (χ3v) is 6.33. The van der Waals surface area contributed by atoms with Crippen LogP contribution in [-0.4, -0.2) is 45.0 Å². The molecule has 1 saturated carbocycles. The second kappa shape index (κ2) is 9.30. The lowest BCUT2D eigenvalue weighted by Gasteiger charge is -2.25. The third kappa shape index (κ3) is 6.60. The molecule has 0 aromatic rings. The maximum Gasteiger partial charge on any atom is 0.191 e. The number of nitrogens with zero attached hydrogens (tertiary/aromatic N) is 1. The molecule has 1 atom stereocenters. The molecule has 1 aliphatic carbocycles. The molecule has 1 heterocycles. The van der Waals surface area contributed by atoms with Gasteiger partial charge in [0.05, 0.1) is 11.5 Å². The molecule has 0 amide bonds. The lowest BCUT2D eigenvalue weighted by Crippen LogP contribution is -2.44. The summed E-state index contributed by atoms with van der Waals surface area (Å²) in [6.45, 7) is 6.01. The van der Waals surface area contributed by atoms with Gasteiger partial charge < -0.3 is 10.6 Å². The van der Waals surface area contributed by atoms with Crippen LogP contribution in [0, 0.1) is 11.8 Å². The van der Waals surface area contributed by atoms with E-state index in [2.05, 4.69) is 22.5 Å². The first-order valence-corrected chi connectivity index (χ1v) is 10.1. The van der Waals surface area contributed by atoms with Crippen molar-refractivity contribution in [1.82, 2.24) is 10.6 Å². The van der Waals surface area contributed by atoms with Crippen LogP contribution >= 0.6 is 24.0 Å². The van der Waals surface area contributed by atoms with Gasteiger partial charge in [0.15, 0.2) is 15.8 Å². The largest absolute Gasteiger partial charge is 0.357 e. The summed E-state index contributed by atoms with van der Waals surface area (Å²) in [5.74, 6) is 2.85. The fourth-order valence-electron chi connectivity index (χ4n) is 3.15. The molecule has 1 unspecified atom stereocenters. The summed E-state index contributed by atoms with van der Waals surface area (Å²) < 4.78 is 23.0. The number of guanidine groups is 1. The minimum Gasteiger partial charge on any atom is -0.357 e. The Kier molecular flexibility index (Phi) is 8.45. The topological polar surface area (TPSA) is 70.6 Å². The minimum atomic E-state index is -2.84. The minimum absolute atomic E-state index is 0. The number of hydrogen-bond donors (Lipinski definition) is 2. The molecular weight excluding hydrogens is 413 g/mol. The number of sulfone groups is 1. The molecule has 2 fully saturated rings. The number of rotatable bonds is 4. The Labute approximate surface area is 152 Å². The van der Waals surface area contributed by atoms with E-state index in [-0.39, 0.29) is 35.8 Å². The van der Waals surface area contributed by atoms with E-state index >= 15 is 0 Å². The third-order valence-electron chi connectivity index (χ3n) is 4.56. The van der Waals surface area contributed by atoms with Crippen LogP contribution < -0.4 is 10.6 Å². The maximum absolute atomic E-state index is 11.5. The van der Waals surface area contributed by atoms with E-state index in [1.807, 2.05) is 6.92 Å². The van der Waals surface area contributed by atoms with Gasteiger partial charge in [-0.15, -0.1) is 24.0 Å². The highest BCUT2D eigenvalue weighted by atomic mass is 127. The maximum atomic E-state index is 11.5. The van der Waals surface area contributed by atoms with Crippen molar-refractivity contribution in [2.24, 2.45) is 16.8 Å². The average molecular weight is 443 g/mol. The van der Waals surface area contributed by atoms with Crippen LogP contribution in [0.5, 0.6) is 0 Å². The Bertz CT molecular complexity index is 459. The molecule has 2 N–H and O–H groups in total. The molecule has 130 valence electrons. The molecule has 1 saturated heterocycles. The van der Waals surface area contributed by atoms with Gasteiger partial charge in [0.1, 0.15) is 0 Å². The van der Waals surface area contributed by atoms with Gasteiger partial charge in [-0.25, -0.2) is 8.42 Å². The Hall–Kier alpha value is -0.0500. The molecule has 0 spiro atoms. The van der Waals surface area contributed by atoms with Crippen LogP contribution in [0.25, 0.3) is 0 Å². The summed E-state index contributed by atoms with van der Waals surface area (Å²) in [7, 11) is -2.84. The van der Waals surface area contributed by atoms with Crippen molar-refractivity contribution < 1.29 is 8.42 Å². The van der Waals surface area contributed by atoms with E-state index in [4.69, 9.17) is 0 Å². The highest BCUT2D eigenvalue weighted by molar-refractivity contribution is 14.0. The molecule has 0 aromatic heterocycles. The summed E-state index contributed by atoms with van der Waals surface area (Å²) in [4.78, 5) is 4.67. The average Bonchev–Trinajstić information content (AvgIpc) is 2.77. The first-order chi connectivity index (χ1) is 9.98. The molecular formula is C15H30IN3O2S. The van der Waals surface area contributed by atoms with E-state index < -0.39 is 9.84 Å². The van der Waals surface area contributed by atoms with E-state index in [1.165, 1.54) is 25.7 Å². The van der Waals surface area contributed by atoms with Crippen LogP contribution in [0.4, 0.5) is 0 Å². The summed E-state index contributed by atoms with van der Waals surface area (Å²) in [5.41, 5.74) is 0. The van der Waals surface area contributed by atoms with Crippen molar-refractivity contribution in [2.45, 2.75) is 52.0 Å². The Morgan fingerprint density at radius 2 is 1.86 bits per heavy atom. The van der Waals surface area contributed by atoms with Crippen molar-refractivity contribution in [3.8, 4) is 0 Å². The van der Waals surface area contributed by atoms with E-state index in [0.29, 0.717) is 18.1 Å². The zero-order valence-electron chi connectivity index (χ0n) is 13.7. The molecule has 7 heteroatoms. The first-order valence-electron chi connectivity index (χ1n) is 8.23. The zero-order valence-corrected chi connectivity index (χ0v) is 16.8. The smallest absolute Gasteiger partial charge is 0.191 e. The van der Waals surface area contributed by atoms with Gasteiger partial charge in [-0.1, -0.05) is 19.8 Å². The van der Waals surface area contributed by atoms with Crippen molar-refractivity contribution in [3.63, 3.8) is 0 Å². The van der Waals surface area contributed by atoms with Crippen LogP contribution in [0.1, 0.15) is 46.0 Å². The summed E-state index contributed by atoms with van der Waals surface area (Å²) in [6, 6.07) is 0.0131. The predicted octanol–water partition coefficient (Wildman–Crippen LogP) is 2.17. The predicted molar refractivity (Wildman–Crippen MR) is 103 cm³/mol. The Morgan fingerprint density at radius 1 is 1.18 bits per heavy atom. The van der Waals surface area contributed by atoms with Gasteiger partial charge in [-0.05, 0) is 38.0 Å². The monoisotopic (exact) mass is 443 g/mol. The fourth-order valence-corrected chi connectivity index (χ4v) is 4.83. The molecule has 2 rings (SSSR count). The van der Waals surface area contributed by atoms with Crippen LogP contribution in [-0.2, 0) is 9.84 Å². The van der Waals surface area contributed by atoms with Gasteiger partial charge in [-0.2, -0.15) is 0 Å². The number of nitrogens with one attached hydrogen (secondary N) is 2. The van der Waals surface area contributed by atoms with E-state index in [9.17, 15) is 8.42 Å². The highest BCUT2D eigenvalue weighted by Gasteiger charge is 2.28. The summed E-state index contributed by atoms with van der Waals surface area (Å²) in [6.07, 6.45) is 5.84. The number of halogens is 1. The second-order valence-electron chi connectivity index (χ2n) is 6.59. The van der Waals surface area contributed by atoms with Gasteiger partial charge >= 0.3 is 0 Å². The van der Waals surface area contributed by atoms with Gasteiger partial charge in [0, 0.05) is 19.1 Å². The first kappa shape index (κ1) is 20.0. The molecule has 0 aromatic carbocycles. The Morgan fingerprint density at radius 3 is 2.41 bits per heavy atom. The SMILES string of the molecule is CCNC(=NCC1CCC(C)CC1)NC1CCS(=O)(=O)C1.I. The molecule has 0 radical (unpaired) electrons. The van der Waals surface area contributed by atoms with Gasteiger partial charge in [0.25, 0.3) is 0 Å². The van der Waals surface area contributed by atoms with Crippen molar-refractivity contribution in [2.75, 3.05) is 24.6 Å². The highest BCUT2D eigenvalue weighted by Crippen LogP contribution is 2.28. The van der Waals surface area contributed by atoms with Crippen LogP contribution in [0.2, 0.25) is 0 Å². The van der Waals surface area contributed by atoms with Crippen molar-refractivity contribution in [3.05, 3.63) is 0 Å². The quantitative estimate of drug-likeness (QED) is 0.397. The van der Waals surface area contributed by atoms with Crippen LogP contribution in [0.3, 0.4) is 0 Å². The molecule has 5 nitrogen and oxygen atoms in total. The van der Waals surface area contributed by atoms with Crippen molar-refractivity contribution >= 4 is 39.8 Å². The van der Waals surface area contributed by atoms with Crippen molar-refractivity contribution in [1.29, 1.82) is 0 Å². The van der Waals surface area contributed by atoms with Gasteiger partial charge in [0.2, 0.25) is 0 Å². The van der Waals surface area contributed by atoms with E-state index in [0.717, 1.165) is 25.0 Å². The summed E-state index contributed by atoms with van der Waals surface area (Å²) in [5, 5.41) is 6.51. The molecule has 22 heavy (non-hydrogen) atoms. The normalized spacial score (nSPS) is 31.4.